The summed E-state index contributed by atoms with van der Waals surface area (Å²) in [4.78, 5) is 25.5. The van der Waals surface area contributed by atoms with Gasteiger partial charge in [-0.25, -0.2) is 14.5 Å². The molecule has 1 amide bonds. The Morgan fingerprint density at radius 3 is 2.78 bits per heavy atom. The van der Waals surface area contributed by atoms with Gasteiger partial charge in [0.1, 0.15) is 5.82 Å². The number of hydrogen-bond donors (Lipinski definition) is 1. The summed E-state index contributed by atoms with van der Waals surface area (Å²) >= 11 is 0. The first kappa shape index (κ1) is 17.1. The minimum Gasteiger partial charge on any atom is -0.355 e. The van der Waals surface area contributed by atoms with Crippen molar-refractivity contribution in [3.63, 3.8) is 0 Å². The molecule has 4 rings (SSSR count). The van der Waals surface area contributed by atoms with E-state index in [0.29, 0.717) is 24.6 Å². The molecule has 0 atom stereocenters. The lowest BCUT2D eigenvalue weighted by Crippen LogP contribution is -2.28. The summed E-state index contributed by atoms with van der Waals surface area (Å²) in [5.74, 6) is 1.82. The van der Waals surface area contributed by atoms with Crippen LogP contribution in [0.25, 0.3) is 16.8 Å². The lowest BCUT2D eigenvalue weighted by molar-refractivity contribution is -0.120. The molecule has 0 saturated carbocycles. The van der Waals surface area contributed by atoms with Gasteiger partial charge in [0.25, 0.3) is 5.78 Å². The van der Waals surface area contributed by atoms with Gasteiger partial charge in [-0.3, -0.25) is 4.79 Å². The van der Waals surface area contributed by atoms with Crippen molar-refractivity contribution in [2.24, 2.45) is 7.05 Å². The third kappa shape index (κ3) is 3.38. The number of aromatic nitrogens is 6. The van der Waals surface area contributed by atoms with Gasteiger partial charge in [-0.2, -0.15) is 4.98 Å². The Morgan fingerprint density at radius 1 is 1.15 bits per heavy atom. The summed E-state index contributed by atoms with van der Waals surface area (Å²) in [5, 5.41) is 7.29. The van der Waals surface area contributed by atoms with Crippen LogP contribution in [-0.4, -0.2) is 41.6 Å². The van der Waals surface area contributed by atoms with Crippen molar-refractivity contribution in [2.75, 3.05) is 6.54 Å². The van der Waals surface area contributed by atoms with Crippen LogP contribution in [0.1, 0.15) is 23.0 Å². The van der Waals surface area contributed by atoms with E-state index in [9.17, 15) is 4.79 Å². The van der Waals surface area contributed by atoms with E-state index >= 15 is 0 Å². The van der Waals surface area contributed by atoms with Crippen molar-refractivity contribution in [3.8, 4) is 0 Å². The number of nitrogens with zero attached hydrogens (tertiary/aromatic N) is 6. The summed E-state index contributed by atoms with van der Waals surface area (Å²) in [6, 6.07) is 9.93. The summed E-state index contributed by atoms with van der Waals surface area (Å²) < 4.78 is 3.72. The minimum absolute atomic E-state index is 0.112. The first-order valence-electron chi connectivity index (χ1n) is 8.88. The van der Waals surface area contributed by atoms with E-state index in [-0.39, 0.29) is 12.3 Å². The molecule has 0 aliphatic carbocycles. The van der Waals surface area contributed by atoms with Crippen LogP contribution in [-0.2, 0) is 24.7 Å². The molecule has 0 aliphatic heterocycles. The maximum Gasteiger partial charge on any atom is 0.252 e. The molecule has 4 aromatic rings. The second-order valence-corrected chi connectivity index (χ2v) is 6.63. The zero-order valence-corrected chi connectivity index (χ0v) is 15.6. The third-order valence-corrected chi connectivity index (χ3v) is 4.53. The molecule has 0 unspecified atom stereocenters. The SMILES string of the molecule is Cc1cc(C)n2nc(CC(=O)NCCc3nc4ccccc4n3C)nc2n1. The number of aryl methyl sites for hydroxylation is 3. The fraction of sp³-hybridized carbons (Fsp3) is 0.316. The molecule has 3 aromatic heterocycles. The van der Waals surface area contributed by atoms with Crippen LogP contribution >= 0.6 is 0 Å². The first-order chi connectivity index (χ1) is 13.0. The van der Waals surface area contributed by atoms with Gasteiger partial charge in [0.15, 0.2) is 5.82 Å². The van der Waals surface area contributed by atoms with Crippen molar-refractivity contribution < 1.29 is 4.79 Å². The standard InChI is InChI=1S/C19H21N7O/c1-12-10-13(2)26-19(21-12)23-16(24-26)11-18(27)20-9-8-17-22-14-6-4-5-7-15(14)25(17)3/h4-7,10H,8-9,11H2,1-3H3,(H,20,27). The van der Waals surface area contributed by atoms with Crippen molar-refractivity contribution in [2.45, 2.75) is 26.7 Å². The molecule has 27 heavy (non-hydrogen) atoms. The van der Waals surface area contributed by atoms with Crippen molar-refractivity contribution in [1.82, 2.24) is 34.4 Å². The Labute approximate surface area is 156 Å². The quantitative estimate of drug-likeness (QED) is 0.581. The van der Waals surface area contributed by atoms with Gasteiger partial charge in [0.2, 0.25) is 5.91 Å². The largest absolute Gasteiger partial charge is 0.355 e. The number of imidazole rings is 1. The fourth-order valence-corrected chi connectivity index (χ4v) is 3.22. The van der Waals surface area contributed by atoms with Crippen LogP contribution in [0.3, 0.4) is 0 Å². The zero-order valence-electron chi connectivity index (χ0n) is 15.6. The average Bonchev–Trinajstić information content (AvgIpc) is 3.16. The van der Waals surface area contributed by atoms with Crippen LogP contribution in [0.5, 0.6) is 0 Å². The highest BCUT2D eigenvalue weighted by atomic mass is 16.1. The summed E-state index contributed by atoms with van der Waals surface area (Å²) in [7, 11) is 1.99. The zero-order chi connectivity index (χ0) is 19.0. The van der Waals surface area contributed by atoms with E-state index in [1.165, 1.54) is 0 Å². The Morgan fingerprint density at radius 2 is 1.96 bits per heavy atom. The molecule has 0 aliphatic rings. The number of benzene rings is 1. The number of rotatable bonds is 5. The predicted molar refractivity (Wildman–Crippen MR) is 101 cm³/mol. The molecular formula is C19H21N7O. The molecule has 8 heteroatoms. The lowest BCUT2D eigenvalue weighted by atomic mass is 10.3. The molecular weight excluding hydrogens is 342 g/mol. The smallest absolute Gasteiger partial charge is 0.252 e. The van der Waals surface area contributed by atoms with E-state index < -0.39 is 0 Å². The molecule has 1 aromatic carbocycles. The van der Waals surface area contributed by atoms with Gasteiger partial charge >= 0.3 is 0 Å². The Bertz CT molecular complexity index is 1140. The maximum absolute atomic E-state index is 12.2. The van der Waals surface area contributed by atoms with E-state index in [2.05, 4.69) is 29.9 Å². The summed E-state index contributed by atoms with van der Waals surface area (Å²) in [6.07, 6.45) is 0.791. The fourth-order valence-electron chi connectivity index (χ4n) is 3.22. The van der Waals surface area contributed by atoms with Crippen molar-refractivity contribution in [1.29, 1.82) is 0 Å². The minimum atomic E-state index is -0.112. The number of amides is 1. The van der Waals surface area contributed by atoms with Crippen LogP contribution < -0.4 is 5.32 Å². The highest BCUT2D eigenvalue weighted by molar-refractivity contribution is 5.78. The van der Waals surface area contributed by atoms with Crippen molar-refractivity contribution in [3.05, 3.63) is 53.4 Å². The molecule has 0 spiro atoms. The van der Waals surface area contributed by atoms with Gasteiger partial charge in [0, 0.05) is 31.4 Å². The highest BCUT2D eigenvalue weighted by Gasteiger charge is 2.12. The first-order valence-corrected chi connectivity index (χ1v) is 8.88. The second kappa shape index (κ2) is 6.79. The van der Waals surface area contributed by atoms with Crippen LogP contribution in [0.15, 0.2) is 30.3 Å². The lowest BCUT2D eigenvalue weighted by Gasteiger charge is -2.04. The van der Waals surface area contributed by atoms with E-state index in [4.69, 9.17) is 0 Å². The normalized spacial score (nSPS) is 11.4. The summed E-state index contributed by atoms with van der Waals surface area (Å²) in [5.41, 5.74) is 3.88. The predicted octanol–water partition coefficient (Wildman–Crippen LogP) is 1.53. The van der Waals surface area contributed by atoms with Crippen molar-refractivity contribution >= 4 is 22.7 Å². The van der Waals surface area contributed by atoms with Crippen LogP contribution in [0.2, 0.25) is 0 Å². The monoisotopic (exact) mass is 363 g/mol. The summed E-state index contributed by atoms with van der Waals surface area (Å²) in [6.45, 7) is 4.37. The average molecular weight is 363 g/mol. The third-order valence-electron chi connectivity index (χ3n) is 4.53. The molecule has 0 saturated heterocycles. The molecule has 0 fully saturated rings. The molecule has 3 heterocycles. The van der Waals surface area contributed by atoms with E-state index in [0.717, 1.165) is 28.2 Å². The van der Waals surface area contributed by atoms with Gasteiger partial charge in [-0.15, -0.1) is 5.10 Å². The maximum atomic E-state index is 12.2. The van der Waals surface area contributed by atoms with Gasteiger partial charge < -0.3 is 9.88 Å². The van der Waals surface area contributed by atoms with Gasteiger partial charge in [-0.1, -0.05) is 12.1 Å². The Kier molecular flexibility index (Phi) is 4.31. The highest BCUT2D eigenvalue weighted by Crippen LogP contribution is 2.14. The number of carbonyl (C=O) groups excluding carboxylic acids is 1. The second-order valence-electron chi connectivity index (χ2n) is 6.63. The Hall–Kier alpha value is -3.29. The number of nitrogens with one attached hydrogen (secondary N) is 1. The topological polar surface area (TPSA) is 90.0 Å². The number of carbonyl (C=O) groups is 1. The number of fused-ring (bicyclic) bond motifs is 2. The number of hydrogen-bond acceptors (Lipinski definition) is 5. The van der Waals surface area contributed by atoms with E-state index in [1.807, 2.05) is 51.2 Å². The van der Waals surface area contributed by atoms with Crippen LogP contribution in [0.4, 0.5) is 0 Å². The van der Waals surface area contributed by atoms with Gasteiger partial charge in [-0.05, 0) is 32.0 Å². The Balaban J connectivity index is 1.38. The molecule has 0 radical (unpaired) electrons. The van der Waals surface area contributed by atoms with E-state index in [1.54, 1.807) is 4.52 Å². The number of para-hydroxylation sites is 2. The van der Waals surface area contributed by atoms with Crippen LogP contribution in [0, 0.1) is 13.8 Å². The molecule has 138 valence electrons. The van der Waals surface area contributed by atoms with Gasteiger partial charge in [0.05, 0.1) is 17.5 Å². The molecule has 1 N–H and O–H groups in total. The molecule has 8 nitrogen and oxygen atoms in total. The molecule has 0 bridgehead atoms.